The van der Waals surface area contributed by atoms with E-state index in [9.17, 15) is 9.59 Å². The molecule has 2 aromatic carbocycles. The van der Waals surface area contributed by atoms with Crippen molar-refractivity contribution in [1.29, 1.82) is 0 Å². The highest BCUT2D eigenvalue weighted by Crippen LogP contribution is 2.38. The van der Waals surface area contributed by atoms with Gasteiger partial charge in [-0.15, -0.1) is 11.3 Å². The molecule has 4 nitrogen and oxygen atoms in total. The lowest BCUT2D eigenvalue weighted by Crippen LogP contribution is -2.27. The van der Waals surface area contributed by atoms with Gasteiger partial charge in [0.15, 0.2) is 0 Å². The molecule has 164 valence electrons. The Bertz CT molecular complexity index is 1110. The third-order valence-corrected chi connectivity index (χ3v) is 6.89. The molecule has 0 saturated carbocycles. The van der Waals surface area contributed by atoms with Crippen molar-refractivity contribution in [1.82, 2.24) is 5.32 Å². The van der Waals surface area contributed by atoms with Crippen molar-refractivity contribution in [2.24, 2.45) is 0 Å². The van der Waals surface area contributed by atoms with Crippen LogP contribution in [-0.4, -0.2) is 18.4 Å². The summed E-state index contributed by atoms with van der Waals surface area (Å²) < 4.78 is 0. The van der Waals surface area contributed by atoms with Crippen LogP contribution in [0, 0.1) is 6.92 Å². The summed E-state index contributed by atoms with van der Waals surface area (Å²) in [4.78, 5) is 26.9. The molecule has 0 fully saturated rings. The van der Waals surface area contributed by atoms with Crippen LogP contribution < -0.4 is 10.6 Å². The summed E-state index contributed by atoms with van der Waals surface area (Å²) >= 11 is 1.55. The fourth-order valence-corrected chi connectivity index (χ4v) is 5.24. The lowest BCUT2D eigenvalue weighted by molar-refractivity contribution is -0.111. The van der Waals surface area contributed by atoms with Crippen LogP contribution in [0.25, 0.3) is 6.08 Å². The standard InChI is InChI=1S/C27H28N2O2S/c1-19-11-13-21(14-12-19)15-16-24(30)29-27-25(22-9-5-6-10-23(22)32-27)26(31)28-18-17-20-7-3-2-4-8-20/h2-4,7-8,11-16H,5-6,9-10,17-18H2,1H3,(H,28,31)(H,29,30)/b16-15+. The van der Waals surface area contributed by atoms with E-state index < -0.39 is 0 Å². The van der Waals surface area contributed by atoms with E-state index in [-0.39, 0.29) is 11.8 Å². The van der Waals surface area contributed by atoms with Gasteiger partial charge in [-0.3, -0.25) is 9.59 Å². The molecular formula is C27H28N2O2S. The normalized spacial score (nSPS) is 13.0. The van der Waals surface area contributed by atoms with Crippen LogP contribution >= 0.6 is 11.3 Å². The fraction of sp³-hybridized carbons (Fsp3) is 0.259. The Balaban J connectivity index is 1.46. The van der Waals surface area contributed by atoms with Gasteiger partial charge in [-0.2, -0.15) is 0 Å². The number of hydrogen-bond donors (Lipinski definition) is 2. The Morgan fingerprint density at radius 3 is 2.53 bits per heavy atom. The van der Waals surface area contributed by atoms with Crippen molar-refractivity contribution in [3.63, 3.8) is 0 Å². The van der Waals surface area contributed by atoms with E-state index in [2.05, 4.69) is 22.8 Å². The molecule has 1 aliphatic carbocycles. The molecule has 0 spiro atoms. The predicted molar refractivity (Wildman–Crippen MR) is 132 cm³/mol. The molecule has 0 bridgehead atoms. The first-order valence-electron chi connectivity index (χ1n) is 11.1. The first-order chi connectivity index (χ1) is 15.6. The number of amides is 2. The van der Waals surface area contributed by atoms with Crippen LogP contribution in [0.1, 0.15) is 50.3 Å². The van der Waals surface area contributed by atoms with Crippen LogP contribution in [0.4, 0.5) is 5.00 Å². The third kappa shape index (κ3) is 5.54. The summed E-state index contributed by atoms with van der Waals surface area (Å²) in [5.41, 5.74) is 5.09. The van der Waals surface area contributed by atoms with Gasteiger partial charge >= 0.3 is 0 Å². The number of thiophene rings is 1. The van der Waals surface area contributed by atoms with E-state index in [1.807, 2.05) is 49.4 Å². The highest BCUT2D eigenvalue weighted by molar-refractivity contribution is 7.17. The monoisotopic (exact) mass is 444 g/mol. The number of benzene rings is 2. The molecule has 4 rings (SSSR count). The largest absolute Gasteiger partial charge is 0.352 e. The minimum Gasteiger partial charge on any atom is -0.352 e. The number of carbonyl (C=O) groups excluding carboxylic acids is 2. The molecular weight excluding hydrogens is 416 g/mol. The van der Waals surface area contributed by atoms with Crippen LogP contribution in [0.15, 0.2) is 60.7 Å². The van der Waals surface area contributed by atoms with Crippen molar-refractivity contribution in [3.05, 3.63) is 93.4 Å². The average molecular weight is 445 g/mol. The Morgan fingerprint density at radius 1 is 1.00 bits per heavy atom. The molecule has 32 heavy (non-hydrogen) atoms. The van der Waals surface area contributed by atoms with Gasteiger partial charge in [0.1, 0.15) is 5.00 Å². The zero-order valence-electron chi connectivity index (χ0n) is 18.3. The zero-order chi connectivity index (χ0) is 22.3. The second-order valence-electron chi connectivity index (χ2n) is 8.14. The van der Waals surface area contributed by atoms with Gasteiger partial charge in [-0.1, -0.05) is 60.2 Å². The van der Waals surface area contributed by atoms with Crippen LogP contribution in [0.2, 0.25) is 0 Å². The van der Waals surface area contributed by atoms with E-state index in [1.165, 1.54) is 22.1 Å². The summed E-state index contributed by atoms with van der Waals surface area (Å²) in [7, 11) is 0. The van der Waals surface area contributed by atoms with E-state index in [4.69, 9.17) is 0 Å². The number of nitrogens with one attached hydrogen (secondary N) is 2. The van der Waals surface area contributed by atoms with Crippen LogP contribution in [0.5, 0.6) is 0 Å². The Hall–Kier alpha value is -3.18. The first-order valence-corrected chi connectivity index (χ1v) is 11.9. The van der Waals surface area contributed by atoms with Gasteiger partial charge in [0, 0.05) is 17.5 Å². The molecule has 2 N–H and O–H groups in total. The van der Waals surface area contributed by atoms with Crippen molar-refractivity contribution in [3.8, 4) is 0 Å². The molecule has 3 aromatic rings. The number of aryl methyl sites for hydroxylation is 2. The molecule has 1 aliphatic rings. The fourth-order valence-electron chi connectivity index (χ4n) is 3.95. The Labute approximate surface area is 193 Å². The molecule has 1 aromatic heterocycles. The van der Waals surface area contributed by atoms with E-state index in [0.717, 1.165) is 43.2 Å². The SMILES string of the molecule is Cc1ccc(/C=C/C(=O)Nc2sc3c(c2C(=O)NCCc2ccccc2)CCCC3)cc1. The Morgan fingerprint density at radius 2 is 1.75 bits per heavy atom. The second-order valence-corrected chi connectivity index (χ2v) is 9.24. The van der Waals surface area contributed by atoms with E-state index in [1.54, 1.807) is 17.4 Å². The maximum Gasteiger partial charge on any atom is 0.254 e. The van der Waals surface area contributed by atoms with Crippen LogP contribution in [0.3, 0.4) is 0 Å². The Kier molecular flexibility index (Phi) is 7.17. The topological polar surface area (TPSA) is 58.2 Å². The lowest BCUT2D eigenvalue weighted by Gasteiger charge is -2.13. The van der Waals surface area contributed by atoms with Crippen LogP contribution in [-0.2, 0) is 24.1 Å². The van der Waals surface area contributed by atoms with Crippen molar-refractivity contribution < 1.29 is 9.59 Å². The average Bonchev–Trinajstić information content (AvgIpc) is 3.17. The van der Waals surface area contributed by atoms with E-state index >= 15 is 0 Å². The van der Waals surface area contributed by atoms with Crippen molar-refractivity contribution in [2.75, 3.05) is 11.9 Å². The van der Waals surface area contributed by atoms with Crippen molar-refractivity contribution >= 4 is 34.2 Å². The minimum absolute atomic E-state index is 0.0989. The number of fused-ring (bicyclic) bond motifs is 1. The number of carbonyl (C=O) groups is 2. The summed E-state index contributed by atoms with van der Waals surface area (Å²) in [6.07, 6.45) is 8.17. The maximum atomic E-state index is 13.1. The molecule has 0 aliphatic heterocycles. The van der Waals surface area contributed by atoms with Gasteiger partial charge in [0.05, 0.1) is 5.56 Å². The third-order valence-electron chi connectivity index (χ3n) is 5.68. The summed E-state index contributed by atoms with van der Waals surface area (Å²) in [5.74, 6) is -0.319. The smallest absolute Gasteiger partial charge is 0.254 e. The van der Waals surface area contributed by atoms with Gasteiger partial charge in [-0.25, -0.2) is 0 Å². The molecule has 0 saturated heterocycles. The highest BCUT2D eigenvalue weighted by atomic mass is 32.1. The lowest BCUT2D eigenvalue weighted by atomic mass is 9.95. The quantitative estimate of drug-likeness (QED) is 0.469. The van der Waals surface area contributed by atoms with Gasteiger partial charge < -0.3 is 10.6 Å². The summed E-state index contributed by atoms with van der Waals surface area (Å²) in [5, 5.41) is 6.69. The number of rotatable bonds is 7. The van der Waals surface area contributed by atoms with Gasteiger partial charge in [0.25, 0.3) is 5.91 Å². The number of anilines is 1. The summed E-state index contributed by atoms with van der Waals surface area (Å²) in [6.45, 7) is 2.60. The molecule has 2 amide bonds. The summed E-state index contributed by atoms with van der Waals surface area (Å²) in [6, 6.07) is 18.1. The molecule has 1 heterocycles. The molecule has 0 radical (unpaired) electrons. The maximum absolute atomic E-state index is 13.1. The zero-order valence-corrected chi connectivity index (χ0v) is 19.1. The minimum atomic E-state index is -0.220. The van der Waals surface area contributed by atoms with Crippen molar-refractivity contribution in [2.45, 2.75) is 39.0 Å². The number of hydrogen-bond acceptors (Lipinski definition) is 3. The molecule has 5 heteroatoms. The van der Waals surface area contributed by atoms with Gasteiger partial charge in [0.2, 0.25) is 5.91 Å². The predicted octanol–water partition coefficient (Wildman–Crippen LogP) is 5.56. The second kappa shape index (κ2) is 10.4. The van der Waals surface area contributed by atoms with Gasteiger partial charge in [-0.05, 0) is 61.8 Å². The molecule has 0 unspecified atom stereocenters. The molecule has 0 atom stereocenters. The highest BCUT2D eigenvalue weighted by Gasteiger charge is 2.25. The van der Waals surface area contributed by atoms with E-state index in [0.29, 0.717) is 17.1 Å². The first kappa shape index (κ1) is 22.0.